The van der Waals surface area contributed by atoms with Crippen LogP contribution >= 0.6 is 0 Å². The zero-order chi connectivity index (χ0) is 22.0. The molecule has 1 unspecified atom stereocenters. The highest BCUT2D eigenvalue weighted by molar-refractivity contribution is 5.99. The molecule has 8 nitrogen and oxygen atoms in total. The minimum absolute atomic E-state index is 0.00196. The lowest BCUT2D eigenvalue weighted by molar-refractivity contribution is -0.135. The SMILES string of the molecule is O=C(O)CNC(=O)c1cn(C2CCNC2)c2cc(NC3CCCCC3)c(F)cc2c1=O. The van der Waals surface area contributed by atoms with E-state index in [4.69, 9.17) is 5.11 Å². The second-order valence-corrected chi connectivity index (χ2v) is 8.33. The van der Waals surface area contributed by atoms with Crippen LogP contribution in [0.2, 0.25) is 0 Å². The molecule has 1 aromatic heterocycles. The minimum atomic E-state index is -1.21. The Balaban J connectivity index is 1.79. The van der Waals surface area contributed by atoms with Crippen LogP contribution in [-0.4, -0.2) is 47.2 Å². The van der Waals surface area contributed by atoms with Gasteiger partial charge in [-0.3, -0.25) is 14.4 Å². The van der Waals surface area contributed by atoms with Gasteiger partial charge >= 0.3 is 5.97 Å². The van der Waals surface area contributed by atoms with Crippen LogP contribution in [0.3, 0.4) is 0 Å². The monoisotopic (exact) mass is 430 g/mol. The van der Waals surface area contributed by atoms with Crippen molar-refractivity contribution in [2.75, 3.05) is 25.0 Å². The van der Waals surface area contributed by atoms with Crippen molar-refractivity contribution in [1.82, 2.24) is 15.2 Å². The fourth-order valence-corrected chi connectivity index (χ4v) is 4.54. The van der Waals surface area contributed by atoms with Crippen molar-refractivity contribution in [3.05, 3.63) is 39.9 Å². The van der Waals surface area contributed by atoms with E-state index < -0.39 is 29.7 Å². The van der Waals surface area contributed by atoms with E-state index in [1.54, 1.807) is 6.07 Å². The van der Waals surface area contributed by atoms with Gasteiger partial charge in [-0.2, -0.15) is 0 Å². The molecule has 4 rings (SSSR count). The zero-order valence-electron chi connectivity index (χ0n) is 17.2. The molecule has 31 heavy (non-hydrogen) atoms. The highest BCUT2D eigenvalue weighted by Crippen LogP contribution is 2.29. The van der Waals surface area contributed by atoms with E-state index in [0.29, 0.717) is 17.7 Å². The summed E-state index contributed by atoms with van der Waals surface area (Å²) in [5.41, 5.74) is 0.131. The average Bonchev–Trinajstić information content (AvgIpc) is 3.29. The maximum atomic E-state index is 14.9. The van der Waals surface area contributed by atoms with Crippen molar-refractivity contribution in [3.8, 4) is 0 Å². The Morgan fingerprint density at radius 3 is 2.65 bits per heavy atom. The molecular weight excluding hydrogens is 403 g/mol. The van der Waals surface area contributed by atoms with Gasteiger partial charge in [-0.15, -0.1) is 0 Å². The van der Waals surface area contributed by atoms with Crippen molar-refractivity contribution in [2.24, 2.45) is 0 Å². The third-order valence-electron chi connectivity index (χ3n) is 6.16. The number of nitrogens with zero attached hydrogens (tertiary/aromatic N) is 1. The van der Waals surface area contributed by atoms with Gasteiger partial charge in [-0.05, 0) is 37.9 Å². The lowest BCUT2D eigenvalue weighted by atomic mass is 9.95. The van der Waals surface area contributed by atoms with Gasteiger partial charge in [-0.25, -0.2) is 4.39 Å². The average molecular weight is 430 g/mol. The van der Waals surface area contributed by atoms with Crippen LogP contribution in [0.5, 0.6) is 0 Å². The summed E-state index contributed by atoms with van der Waals surface area (Å²) < 4.78 is 16.8. The first-order valence-electron chi connectivity index (χ1n) is 10.8. The van der Waals surface area contributed by atoms with Gasteiger partial charge < -0.3 is 25.6 Å². The molecule has 1 atom stereocenters. The van der Waals surface area contributed by atoms with Crippen LogP contribution in [0.25, 0.3) is 10.9 Å². The minimum Gasteiger partial charge on any atom is -0.480 e. The fourth-order valence-electron chi connectivity index (χ4n) is 4.54. The van der Waals surface area contributed by atoms with Crippen molar-refractivity contribution in [1.29, 1.82) is 0 Å². The highest BCUT2D eigenvalue weighted by atomic mass is 19.1. The van der Waals surface area contributed by atoms with Gasteiger partial charge in [0.1, 0.15) is 17.9 Å². The summed E-state index contributed by atoms with van der Waals surface area (Å²) in [6.45, 7) is 0.865. The van der Waals surface area contributed by atoms with Gasteiger partial charge in [-0.1, -0.05) is 19.3 Å². The maximum Gasteiger partial charge on any atom is 0.322 e. The van der Waals surface area contributed by atoms with Crippen molar-refractivity contribution < 1.29 is 19.1 Å². The predicted octanol–water partition coefficient (Wildman–Crippen LogP) is 2.23. The number of pyridine rings is 1. The summed E-state index contributed by atoms with van der Waals surface area (Å²) in [5, 5.41) is 17.7. The van der Waals surface area contributed by atoms with Crippen LogP contribution in [0.15, 0.2) is 23.1 Å². The first-order chi connectivity index (χ1) is 14.9. The summed E-state index contributed by atoms with van der Waals surface area (Å²) >= 11 is 0. The third-order valence-corrected chi connectivity index (χ3v) is 6.16. The summed E-state index contributed by atoms with van der Waals surface area (Å²) in [6, 6.07) is 3.06. The van der Waals surface area contributed by atoms with Crippen LogP contribution in [0, 0.1) is 5.82 Å². The number of aromatic nitrogens is 1. The van der Waals surface area contributed by atoms with Gasteiger partial charge in [0.2, 0.25) is 5.43 Å². The molecule has 1 aliphatic carbocycles. The molecule has 9 heteroatoms. The molecule has 0 bridgehead atoms. The molecule has 2 aromatic rings. The Kier molecular flexibility index (Phi) is 6.22. The number of carbonyl (C=O) groups excluding carboxylic acids is 1. The molecular formula is C22H27FN4O4. The Morgan fingerprint density at radius 1 is 1.19 bits per heavy atom. The van der Waals surface area contributed by atoms with Gasteiger partial charge in [0.05, 0.1) is 11.2 Å². The number of hydrogen-bond donors (Lipinski definition) is 4. The molecule has 4 N–H and O–H groups in total. The van der Waals surface area contributed by atoms with Crippen molar-refractivity contribution in [2.45, 2.75) is 50.6 Å². The standard InChI is InChI=1S/C22H27FN4O4/c23-17-8-15-19(9-18(17)26-13-4-2-1-3-5-13)27(14-6-7-24-10-14)12-16(21(15)30)22(31)25-11-20(28)29/h8-9,12-14,24,26H,1-7,10-11H2,(H,25,31)(H,28,29). The highest BCUT2D eigenvalue weighted by Gasteiger charge is 2.24. The van der Waals surface area contributed by atoms with Crippen LogP contribution in [0.4, 0.5) is 10.1 Å². The number of fused-ring (bicyclic) bond motifs is 1. The Bertz CT molecular complexity index is 1060. The number of carboxylic acid groups (broad SMARTS) is 1. The van der Waals surface area contributed by atoms with E-state index in [0.717, 1.165) is 38.6 Å². The zero-order valence-corrected chi connectivity index (χ0v) is 17.2. The third kappa shape index (κ3) is 4.56. The number of nitrogens with one attached hydrogen (secondary N) is 3. The molecule has 0 spiro atoms. The predicted molar refractivity (Wildman–Crippen MR) is 115 cm³/mol. The summed E-state index contributed by atoms with van der Waals surface area (Å²) in [5.74, 6) is -2.52. The number of rotatable bonds is 6. The number of amides is 1. The smallest absolute Gasteiger partial charge is 0.322 e. The number of hydrogen-bond acceptors (Lipinski definition) is 5. The molecule has 1 aliphatic heterocycles. The van der Waals surface area contributed by atoms with Crippen LogP contribution < -0.4 is 21.4 Å². The first kappa shape index (κ1) is 21.3. The molecule has 2 heterocycles. The quantitative estimate of drug-likeness (QED) is 0.559. The summed E-state index contributed by atoms with van der Waals surface area (Å²) in [6.07, 6.45) is 7.66. The van der Waals surface area contributed by atoms with Crippen LogP contribution in [-0.2, 0) is 4.79 Å². The molecule has 1 amide bonds. The van der Waals surface area contributed by atoms with E-state index in [1.807, 2.05) is 4.57 Å². The molecule has 2 aliphatic rings. The molecule has 1 saturated heterocycles. The van der Waals surface area contributed by atoms with E-state index in [-0.39, 0.29) is 23.0 Å². The largest absolute Gasteiger partial charge is 0.480 e. The number of benzene rings is 1. The Morgan fingerprint density at radius 2 is 1.97 bits per heavy atom. The van der Waals surface area contributed by atoms with Crippen LogP contribution in [0.1, 0.15) is 54.9 Å². The Labute approximate surface area is 178 Å². The van der Waals surface area contributed by atoms with Gasteiger partial charge in [0.25, 0.3) is 5.91 Å². The number of carboxylic acids is 1. The van der Waals surface area contributed by atoms with E-state index in [2.05, 4.69) is 16.0 Å². The number of anilines is 1. The topological polar surface area (TPSA) is 112 Å². The lowest BCUT2D eigenvalue weighted by Gasteiger charge is -2.25. The second-order valence-electron chi connectivity index (χ2n) is 8.33. The number of halogens is 1. The van der Waals surface area contributed by atoms with E-state index in [9.17, 15) is 18.8 Å². The summed E-state index contributed by atoms with van der Waals surface area (Å²) in [4.78, 5) is 36.3. The molecule has 1 aromatic carbocycles. The van der Waals surface area contributed by atoms with Crippen molar-refractivity contribution >= 4 is 28.5 Å². The molecule has 2 fully saturated rings. The van der Waals surface area contributed by atoms with Crippen molar-refractivity contribution in [3.63, 3.8) is 0 Å². The molecule has 0 radical (unpaired) electrons. The Hall–Kier alpha value is -2.94. The first-order valence-corrected chi connectivity index (χ1v) is 10.8. The fraction of sp³-hybridized carbons (Fsp3) is 0.500. The number of aliphatic carboxylic acids is 1. The van der Waals surface area contributed by atoms with E-state index >= 15 is 0 Å². The summed E-state index contributed by atoms with van der Waals surface area (Å²) in [7, 11) is 0. The van der Waals surface area contributed by atoms with Gasteiger partial charge in [0.15, 0.2) is 0 Å². The number of carbonyl (C=O) groups is 2. The normalized spacial score (nSPS) is 19.5. The molecule has 166 valence electrons. The molecule has 1 saturated carbocycles. The van der Waals surface area contributed by atoms with E-state index in [1.165, 1.54) is 18.7 Å². The van der Waals surface area contributed by atoms with Gasteiger partial charge in [0, 0.05) is 30.2 Å². The second kappa shape index (κ2) is 9.05. The maximum absolute atomic E-state index is 14.9. The lowest BCUT2D eigenvalue weighted by Crippen LogP contribution is -2.34.